The zero-order valence-electron chi connectivity index (χ0n) is 15.7. The van der Waals surface area contributed by atoms with Gasteiger partial charge >= 0.3 is 0 Å². The van der Waals surface area contributed by atoms with Gasteiger partial charge in [0.15, 0.2) is 5.82 Å². The Labute approximate surface area is 173 Å². The molecule has 29 heavy (non-hydrogen) atoms. The van der Waals surface area contributed by atoms with E-state index in [0.29, 0.717) is 55.0 Å². The summed E-state index contributed by atoms with van der Waals surface area (Å²) in [5.74, 6) is 0.192. The van der Waals surface area contributed by atoms with Crippen molar-refractivity contribution in [3.63, 3.8) is 0 Å². The molecule has 9 heteroatoms. The number of carbonyl (C=O) groups excluding carboxylic acids is 2. The van der Waals surface area contributed by atoms with Crippen LogP contribution in [0.25, 0.3) is 0 Å². The number of carbonyl (C=O) groups is 2. The summed E-state index contributed by atoms with van der Waals surface area (Å²) in [6.45, 7) is 2.42. The molecule has 1 aromatic heterocycles. The summed E-state index contributed by atoms with van der Waals surface area (Å²) in [5.41, 5.74) is 1.87. The van der Waals surface area contributed by atoms with Crippen LogP contribution in [0.4, 0.5) is 11.5 Å². The van der Waals surface area contributed by atoms with E-state index in [2.05, 4.69) is 15.6 Å². The Morgan fingerprint density at radius 3 is 2.90 bits per heavy atom. The largest absolute Gasteiger partial charge is 0.376 e. The van der Waals surface area contributed by atoms with Gasteiger partial charge in [-0.2, -0.15) is 0 Å². The molecule has 0 aliphatic carbocycles. The van der Waals surface area contributed by atoms with Crippen LogP contribution >= 0.6 is 11.6 Å². The first-order chi connectivity index (χ1) is 14.1. The van der Waals surface area contributed by atoms with Gasteiger partial charge in [-0.1, -0.05) is 23.7 Å². The molecule has 1 fully saturated rings. The molecule has 0 radical (unpaired) electrons. The van der Waals surface area contributed by atoms with E-state index in [4.69, 9.17) is 21.1 Å². The Morgan fingerprint density at radius 2 is 2.14 bits per heavy atom. The van der Waals surface area contributed by atoms with Crippen LogP contribution in [0.15, 0.2) is 36.5 Å². The lowest BCUT2D eigenvalue weighted by atomic mass is 10.1. The minimum Gasteiger partial charge on any atom is -0.376 e. The van der Waals surface area contributed by atoms with E-state index in [1.54, 1.807) is 23.1 Å². The average Bonchev–Trinajstić information content (AvgIpc) is 2.76. The van der Waals surface area contributed by atoms with Crippen molar-refractivity contribution < 1.29 is 19.1 Å². The van der Waals surface area contributed by atoms with Crippen molar-refractivity contribution in [3.8, 4) is 0 Å². The number of halogens is 1. The van der Waals surface area contributed by atoms with E-state index in [-0.39, 0.29) is 24.5 Å². The number of ether oxygens (including phenoxy) is 2. The Hall–Kier alpha value is -2.68. The molecule has 152 valence electrons. The fraction of sp³-hybridized carbons (Fsp3) is 0.350. The number of nitrogens with one attached hydrogen (secondary N) is 2. The molecule has 2 amide bonds. The lowest BCUT2D eigenvalue weighted by Crippen LogP contribution is -2.41. The van der Waals surface area contributed by atoms with Crippen molar-refractivity contribution in [3.05, 3.63) is 52.7 Å². The Balaban J connectivity index is 1.50. The van der Waals surface area contributed by atoms with Gasteiger partial charge in [-0.05, 0) is 23.8 Å². The Morgan fingerprint density at radius 1 is 1.31 bits per heavy atom. The van der Waals surface area contributed by atoms with Crippen LogP contribution in [0, 0.1) is 0 Å². The molecule has 0 bridgehead atoms. The zero-order chi connectivity index (χ0) is 20.2. The average molecular weight is 417 g/mol. The second kappa shape index (κ2) is 8.77. The van der Waals surface area contributed by atoms with Gasteiger partial charge in [-0.25, -0.2) is 4.98 Å². The number of anilines is 2. The summed E-state index contributed by atoms with van der Waals surface area (Å²) in [7, 11) is 0. The van der Waals surface area contributed by atoms with Gasteiger partial charge in [0.2, 0.25) is 5.91 Å². The summed E-state index contributed by atoms with van der Waals surface area (Å²) in [6.07, 6.45) is 1.33. The van der Waals surface area contributed by atoms with E-state index in [0.717, 1.165) is 5.56 Å². The monoisotopic (exact) mass is 416 g/mol. The number of aromatic nitrogens is 1. The first-order valence-electron chi connectivity index (χ1n) is 9.36. The van der Waals surface area contributed by atoms with Gasteiger partial charge < -0.3 is 25.0 Å². The molecule has 2 N–H and O–H groups in total. The molecule has 2 aliphatic rings. The summed E-state index contributed by atoms with van der Waals surface area (Å²) < 4.78 is 10.9. The van der Waals surface area contributed by atoms with Crippen LogP contribution in [0.1, 0.15) is 15.9 Å². The van der Waals surface area contributed by atoms with Crippen molar-refractivity contribution in [1.82, 2.24) is 10.3 Å². The number of benzene rings is 1. The van der Waals surface area contributed by atoms with E-state index in [1.165, 1.54) is 6.20 Å². The first-order valence-corrected chi connectivity index (χ1v) is 9.74. The van der Waals surface area contributed by atoms with Gasteiger partial charge in [0.25, 0.3) is 5.91 Å². The maximum absolute atomic E-state index is 12.6. The number of hydrogen-bond acceptors (Lipinski definition) is 6. The quantitative estimate of drug-likeness (QED) is 0.772. The molecule has 0 saturated carbocycles. The van der Waals surface area contributed by atoms with Gasteiger partial charge in [-0.15, -0.1) is 0 Å². The highest BCUT2D eigenvalue weighted by Gasteiger charge is 2.26. The lowest BCUT2D eigenvalue weighted by molar-refractivity contribution is -0.117. The number of pyridine rings is 1. The minimum absolute atomic E-state index is 0.0976. The summed E-state index contributed by atoms with van der Waals surface area (Å²) in [4.78, 5) is 31.0. The van der Waals surface area contributed by atoms with Gasteiger partial charge in [0, 0.05) is 17.8 Å². The molecular formula is C20H21ClN4O4. The molecule has 2 aromatic rings. The number of hydrogen-bond donors (Lipinski definition) is 2. The second-order valence-electron chi connectivity index (χ2n) is 6.83. The summed E-state index contributed by atoms with van der Waals surface area (Å²) in [5, 5.41) is 6.46. The highest BCUT2D eigenvalue weighted by Crippen LogP contribution is 2.30. The zero-order valence-corrected chi connectivity index (χ0v) is 16.4. The smallest absolute Gasteiger partial charge is 0.253 e. The van der Waals surface area contributed by atoms with Crippen molar-refractivity contribution in [2.24, 2.45) is 0 Å². The topological polar surface area (TPSA) is 92.8 Å². The number of fused-ring (bicyclic) bond motifs is 1. The van der Waals surface area contributed by atoms with Gasteiger partial charge in [0.05, 0.1) is 50.3 Å². The Kier molecular flexibility index (Phi) is 5.94. The third kappa shape index (κ3) is 4.67. The van der Waals surface area contributed by atoms with Crippen LogP contribution in [-0.4, -0.2) is 55.8 Å². The van der Waals surface area contributed by atoms with Crippen molar-refractivity contribution in [2.45, 2.75) is 12.6 Å². The highest BCUT2D eigenvalue weighted by atomic mass is 35.5. The van der Waals surface area contributed by atoms with Crippen LogP contribution in [-0.2, 0) is 20.8 Å². The molecule has 1 saturated heterocycles. The molecule has 8 nitrogen and oxygen atoms in total. The van der Waals surface area contributed by atoms with E-state index >= 15 is 0 Å². The van der Waals surface area contributed by atoms with Crippen LogP contribution in [0.5, 0.6) is 0 Å². The number of rotatable bonds is 5. The van der Waals surface area contributed by atoms with E-state index in [1.807, 2.05) is 12.1 Å². The number of nitrogens with zero attached hydrogens (tertiary/aromatic N) is 2. The fourth-order valence-corrected chi connectivity index (χ4v) is 3.34. The van der Waals surface area contributed by atoms with Gasteiger partial charge in [0.1, 0.15) is 0 Å². The maximum Gasteiger partial charge on any atom is 0.253 e. The van der Waals surface area contributed by atoms with Crippen LogP contribution < -0.4 is 15.5 Å². The molecule has 4 rings (SSSR count). The second-order valence-corrected chi connectivity index (χ2v) is 7.27. The molecule has 1 unspecified atom stereocenters. The van der Waals surface area contributed by atoms with E-state index < -0.39 is 0 Å². The predicted molar refractivity (Wildman–Crippen MR) is 108 cm³/mol. The fourth-order valence-electron chi connectivity index (χ4n) is 3.22. The van der Waals surface area contributed by atoms with Crippen LogP contribution in [0.3, 0.4) is 0 Å². The minimum atomic E-state index is -0.279. The molecular weight excluding hydrogens is 396 g/mol. The SMILES string of the molecule is O=C(NCC1COCCO1)c1cnc2c(c1)N(Cc1ccc(Cl)cc1)C(=O)CN2. The first kappa shape index (κ1) is 19.6. The number of amides is 2. The van der Waals surface area contributed by atoms with E-state index in [9.17, 15) is 9.59 Å². The third-order valence-electron chi connectivity index (χ3n) is 4.76. The van der Waals surface area contributed by atoms with Crippen molar-refractivity contribution in [2.75, 3.05) is 43.1 Å². The molecule has 0 spiro atoms. The molecule has 3 heterocycles. The summed E-state index contributed by atoms with van der Waals surface area (Å²) in [6, 6.07) is 8.98. The highest BCUT2D eigenvalue weighted by molar-refractivity contribution is 6.30. The Bertz CT molecular complexity index is 900. The van der Waals surface area contributed by atoms with Crippen LogP contribution in [0.2, 0.25) is 5.02 Å². The standard InChI is InChI=1S/C20H21ClN4O4/c21-15-3-1-13(2-4-15)11-25-17-7-14(8-22-19(17)23-10-18(25)26)20(27)24-9-16-12-28-5-6-29-16/h1-4,7-8,16H,5-6,9-12H2,(H,22,23)(H,24,27). The third-order valence-corrected chi connectivity index (χ3v) is 5.01. The summed E-state index contributed by atoms with van der Waals surface area (Å²) >= 11 is 5.94. The normalized spacial score (nSPS) is 18.7. The molecule has 1 aromatic carbocycles. The molecule has 2 aliphatic heterocycles. The molecule has 1 atom stereocenters. The van der Waals surface area contributed by atoms with Crippen molar-refractivity contribution in [1.29, 1.82) is 0 Å². The lowest BCUT2D eigenvalue weighted by Gasteiger charge is -2.30. The maximum atomic E-state index is 12.6. The van der Waals surface area contributed by atoms with Crippen molar-refractivity contribution >= 4 is 34.9 Å². The predicted octanol–water partition coefficient (Wildman–Crippen LogP) is 1.84. The van der Waals surface area contributed by atoms with Gasteiger partial charge in [-0.3, -0.25) is 9.59 Å².